The van der Waals surface area contributed by atoms with E-state index in [-0.39, 0.29) is 11.8 Å². The number of hydrogen-bond acceptors (Lipinski definition) is 2. The zero-order chi connectivity index (χ0) is 12.7. The molecule has 2 N–H and O–H groups in total. The van der Waals surface area contributed by atoms with Gasteiger partial charge in [-0.2, -0.15) is 0 Å². The molecule has 0 saturated heterocycles. The van der Waals surface area contributed by atoms with E-state index in [4.69, 9.17) is 0 Å². The van der Waals surface area contributed by atoms with Gasteiger partial charge in [-0.1, -0.05) is 19.6 Å². The Balaban J connectivity index is 2.74. The van der Waals surface area contributed by atoms with Crippen molar-refractivity contribution in [1.82, 2.24) is 5.32 Å². The average molecular weight is 232 g/mol. The van der Waals surface area contributed by atoms with Crippen molar-refractivity contribution < 1.29 is 9.59 Å². The highest BCUT2D eigenvalue weighted by atomic mass is 16.2. The highest BCUT2D eigenvalue weighted by molar-refractivity contribution is 6.00. The van der Waals surface area contributed by atoms with E-state index in [0.29, 0.717) is 17.8 Å². The van der Waals surface area contributed by atoms with Crippen molar-refractivity contribution in [1.29, 1.82) is 0 Å². The molecule has 0 unspecified atom stereocenters. The molecule has 0 saturated carbocycles. The minimum Gasteiger partial charge on any atom is -0.352 e. The first-order valence-electron chi connectivity index (χ1n) is 5.49. The van der Waals surface area contributed by atoms with Gasteiger partial charge in [0.05, 0.1) is 0 Å². The maximum Gasteiger partial charge on any atom is 0.251 e. The van der Waals surface area contributed by atoms with Gasteiger partial charge in [0.15, 0.2) is 0 Å². The second-order valence-electron chi connectivity index (χ2n) is 3.53. The molecule has 1 aromatic rings. The quantitative estimate of drug-likeness (QED) is 0.762. The molecule has 0 aromatic heterocycles. The molecule has 0 aliphatic carbocycles. The van der Waals surface area contributed by atoms with Crippen LogP contribution < -0.4 is 10.6 Å². The van der Waals surface area contributed by atoms with Crippen LogP contribution in [0.25, 0.3) is 0 Å². The lowest BCUT2D eigenvalue weighted by molar-refractivity contribution is -0.111. The average Bonchev–Trinajstić information content (AvgIpc) is 2.36. The Morgan fingerprint density at radius 3 is 2.82 bits per heavy atom. The van der Waals surface area contributed by atoms with Gasteiger partial charge >= 0.3 is 0 Å². The minimum absolute atomic E-state index is 0.137. The standard InChI is InChI=1S/C13H16N2O2/c1-3-8-14-13(17)10-6-5-7-11(9-10)15-12(16)4-2/h4-7,9H,2-3,8H2,1H3,(H,14,17)(H,15,16). The highest BCUT2D eigenvalue weighted by Crippen LogP contribution is 2.10. The van der Waals surface area contributed by atoms with Crippen LogP contribution in [0.5, 0.6) is 0 Å². The molecule has 0 bridgehead atoms. The first-order valence-corrected chi connectivity index (χ1v) is 5.49. The van der Waals surface area contributed by atoms with Gasteiger partial charge in [0.1, 0.15) is 0 Å². The molecule has 0 heterocycles. The normalized spacial score (nSPS) is 9.47. The van der Waals surface area contributed by atoms with Gasteiger partial charge in [-0.05, 0) is 30.7 Å². The molecule has 4 heteroatoms. The first kappa shape index (κ1) is 13.0. The molecule has 4 nitrogen and oxygen atoms in total. The predicted molar refractivity (Wildman–Crippen MR) is 67.9 cm³/mol. The van der Waals surface area contributed by atoms with Gasteiger partial charge < -0.3 is 10.6 Å². The largest absolute Gasteiger partial charge is 0.352 e. The lowest BCUT2D eigenvalue weighted by Crippen LogP contribution is -2.24. The number of benzene rings is 1. The van der Waals surface area contributed by atoms with Gasteiger partial charge in [0.2, 0.25) is 5.91 Å². The maximum atomic E-state index is 11.7. The van der Waals surface area contributed by atoms with Gasteiger partial charge in [-0.15, -0.1) is 0 Å². The van der Waals surface area contributed by atoms with Crippen molar-refractivity contribution in [2.75, 3.05) is 11.9 Å². The van der Waals surface area contributed by atoms with Gasteiger partial charge in [-0.25, -0.2) is 0 Å². The van der Waals surface area contributed by atoms with Crippen LogP contribution in [0.3, 0.4) is 0 Å². The number of nitrogens with one attached hydrogen (secondary N) is 2. The molecule has 2 amide bonds. The summed E-state index contributed by atoms with van der Waals surface area (Å²) in [7, 11) is 0. The number of hydrogen-bond donors (Lipinski definition) is 2. The Labute approximate surface area is 101 Å². The Kier molecular flexibility index (Phi) is 4.94. The number of amides is 2. The third kappa shape index (κ3) is 4.10. The molecule has 0 aliphatic rings. The van der Waals surface area contributed by atoms with E-state index in [9.17, 15) is 9.59 Å². The summed E-state index contributed by atoms with van der Waals surface area (Å²) in [5, 5.41) is 5.38. The first-order chi connectivity index (χ1) is 8.17. The van der Waals surface area contributed by atoms with Crippen molar-refractivity contribution >= 4 is 17.5 Å². The second-order valence-corrected chi connectivity index (χ2v) is 3.53. The zero-order valence-electron chi connectivity index (χ0n) is 9.82. The van der Waals surface area contributed by atoms with Crippen LogP contribution in [0.15, 0.2) is 36.9 Å². The van der Waals surface area contributed by atoms with Crippen LogP contribution in [0.1, 0.15) is 23.7 Å². The second kappa shape index (κ2) is 6.48. The monoisotopic (exact) mass is 232 g/mol. The molecule has 1 aromatic carbocycles. The highest BCUT2D eigenvalue weighted by Gasteiger charge is 2.05. The van der Waals surface area contributed by atoms with E-state index in [2.05, 4.69) is 17.2 Å². The summed E-state index contributed by atoms with van der Waals surface area (Å²) in [5.74, 6) is -0.433. The summed E-state index contributed by atoms with van der Waals surface area (Å²) >= 11 is 0. The lowest BCUT2D eigenvalue weighted by Gasteiger charge is -2.06. The number of rotatable bonds is 5. The van der Waals surface area contributed by atoms with Crippen LogP contribution >= 0.6 is 0 Å². The molecule has 90 valence electrons. The van der Waals surface area contributed by atoms with Crippen molar-refractivity contribution in [2.45, 2.75) is 13.3 Å². The molecule has 17 heavy (non-hydrogen) atoms. The number of carbonyl (C=O) groups is 2. The van der Waals surface area contributed by atoms with Gasteiger partial charge in [0, 0.05) is 17.8 Å². The van der Waals surface area contributed by atoms with E-state index >= 15 is 0 Å². The van der Waals surface area contributed by atoms with E-state index in [1.165, 1.54) is 6.08 Å². The van der Waals surface area contributed by atoms with E-state index in [0.717, 1.165) is 6.42 Å². The summed E-state index contributed by atoms with van der Waals surface area (Å²) in [5.41, 5.74) is 1.11. The van der Waals surface area contributed by atoms with E-state index in [1.807, 2.05) is 6.92 Å². The van der Waals surface area contributed by atoms with Crippen LogP contribution in [0.2, 0.25) is 0 Å². The number of carbonyl (C=O) groups excluding carboxylic acids is 2. The van der Waals surface area contributed by atoms with Gasteiger partial charge in [0.25, 0.3) is 5.91 Å². The summed E-state index contributed by atoms with van der Waals surface area (Å²) in [6.07, 6.45) is 2.07. The third-order valence-electron chi connectivity index (χ3n) is 2.11. The Bertz CT molecular complexity index is 427. The SMILES string of the molecule is C=CC(=O)Nc1cccc(C(=O)NCCC)c1. The summed E-state index contributed by atoms with van der Waals surface area (Å²) in [4.78, 5) is 22.8. The molecule has 0 radical (unpaired) electrons. The van der Waals surface area contributed by atoms with Crippen LogP contribution in [0.4, 0.5) is 5.69 Å². The Morgan fingerprint density at radius 2 is 2.18 bits per heavy atom. The predicted octanol–water partition coefficient (Wildman–Crippen LogP) is 1.95. The summed E-state index contributed by atoms with van der Waals surface area (Å²) in [6.45, 7) is 5.99. The van der Waals surface area contributed by atoms with Crippen LogP contribution in [-0.2, 0) is 4.79 Å². The molecule has 1 rings (SSSR count). The fourth-order valence-electron chi connectivity index (χ4n) is 1.27. The van der Waals surface area contributed by atoms with E-state index in [1.54, 1.807) is 24.3 Å². The van der Waals surface area contributed by atoms with Crippen LogP contribution in [0, 0.1) is 0 Å². The molecule has 0 spiro atoms. The fraction of sp³-hybridized carbons (Fsp3) is 0.231. The summed E-state index contributed by atoms with van der Waals surface area (Å²) < 4.78 is 0. The van der Waals surface area contributed by atoms with E-state index < -0.39 is 0 Å². The molecular weight excluding hydrogens is 216 g/mol. The molecule has 0 aliphatic heterocycles. The van der Waals surface area contributed by atoms with Crippen molar-refractivity contribution in [2.24, 2.45) is 0 Å². The summed E-state index contributed by atoms with van der Waals surface area (Å²) in [6, 6.07) is 6.78. The fourth-order valence-corrected chi connectivity index (χ4v) is 1.27. The van der Waals surface area contributed by atoms with Gasteiger partial charge in [-0.3, -0.25) is 9.59 Å². The number of anilines is 1. The smallest absolute Gasteiger partial charge is 0.251 e. The van der Waals surface area contributed by atoms with Crippen molar-refractivity contribution in [3.8, 4) is 0 Å². The van der Waals surface area contributed by atoms with Crippen molar-refractivity contribution in [3.63, 3.8) is 0 Å². The maximum absolute atomic E-state index is 11.7. The molecule has 0 fully saturated rings. The Hall–Kier alpha value is -2.10. The molecule has 0 atom stereocenters. The minimum atomic E-state index is -0.295. The zero-order valence-corrected chi connectivity index (χ0v) is 9.82. The Morgan fingerprint density at radius 1 is 1.41 bits per heavy atom. The molecular formula is C13H16N2O2. The topological polar surface area (TPSA) is 58.2 Å². The van der Waals surface area contributed by atoms with Crippen LogP contribution in [-0.4, -0.2) is 18.4 Å². The third-order valence-corrected chi connectivity index (χ3v) is 2.11. The lowest BCUT2D eigenvalue weighted by atomic mass is 10.2. The van der Waals surface area contributed by atoms with Crippen molar-refractivity contribution in [3.05, 3.63) is 42.5 Å².